The second-order valence-corrected chi connectivity index (χ2v) is 15.7. The molecule has 0 saturated heterocycles. The van der Waals surface area contributed by atoms with Gasteiger partial charge in [-0.1, -0.05) is 52.3 Å². The zero-order chi connectivity index (χ0) is 29.4. The second-order valence-electron chi connectivity index (χ2n) is 15.7. The number of fused-ring (bicyclic) bond motifs is 7. The molecule has 5 nitrogen and oxygen atoms in total. The second kappa shape index (κ2) is 9.96. The number of hydrogen-bond acceptors (Lipinski definition) is 3. The number of amides is 1. The molecule has 4 fully saturated rings. The van der Waals surface area contributed by atoms with Gasteiger partial charge in [-0.25, -0.2) is 4.79 Å². The summed E-state index contributed by atoms with van der Waals surface area (Å²) in [6.07, 6.45) is 13.6. The van der Waals surface area contributed by atoms with Crippen LogP contribution in [0.4, 0.5) is 0 Å². The van der Waals surface area contributed by atoms with Crippen LogP contribution in [0.5, 0.6) is 0 Å². The van der Waals surface area contributed by atoms with E-state index in [1.54, 1.807) is 19.1 Å². The number of hydrogen-bond donors (Lipinski definition) is 3. The summed E-state index contributed by atoms with van der Waals surface area (Å²) in [7, 11) is 0. The lowest BCUT2D eigenvalue weighted by Gasteiger charge is -2.68. The molecule has 1 aromatic rings. The number of allylic oxidation sites excluding steroid dienone is 2. The minimum absolute atomic E-state index is 0.0189. The molecule has 0 aliphatic heterocycles. The zero-order valence-corrected chi connectivity index (χ0v) is 25.8. The van der Waals surface area contributed by atoms with E-state index in [0.29, 0.717) is 47.1 Å². The van der Waals surface area contributed by atoms with Crippen LogP contribution < -0.4 is 5.32 Å². The Bertz CT molecular complexity index is 1230. The maximum atomic E-state index is 13.6. The molecule has 0 bridgehead atoms. The van der Waals surface area contributed by atoms with Crippen LogP contribution in [0, 0.1) is 51.2 Å². The van der Waals surface area contributed by atoms with E-state index in [1.807, 2.05) is 12.1 Å². The van der Waals surface area contributed by atoms with Gasteiger partial charge in [0.15, 0.2) is 0 Å². The van der Waals surface area contributed by atoms with Crippen molar-refractivity contribution in [1.29, 1.82) is 0 Å². The summed E-state index contributed by atoms with van der Waals surface area (Å²) in [5.41, 5.74) is 3.24. The number of rotatable bonds is 5. The Morgan fingerprint density at radius 3 is 2.32 bits per heavy atom. The first-order valence-electron chi connectivity index (χ1n) is 16.4. The number of carboxylic acid groups (broad SMARTS) is 1. The Labute approximate surface area is 246 Å². The van der Waals surface area contributed by atoms with Crippen LogP contribution in [0.1, 0.15) is 115 Å². The number of benzene rings is 1. The molecule has 9 atom stereocenters. The molecule has 4 saturated carbocycles. The van der Waals surface area contributed by atoms with Crippen molar-refractivity contribution in [2.24, 2.45) is 51.2 Å². The number of aromatic carboxylic acids is 1. The molecular weight excluding hydrogens is 510 g/mol. The third kappa shape index (κ3) is 4.26. The van der Waals surface area contributed by atoms with Gasteiger partial charge in [0.2, 0.25) is 5.91 Å². The normalized spacial score (nSPS) is 41.6. The van der Waals surface area contributed by atoms with Gasteiger partial charge in [0.25, 0.3) is 0 Å². The zero-order valence-electron chi connectivity index (χ0n) is 25.8. The third-order valence-electron chi connectivity index (χ3n) is 13.5. The van der Waals surface area contributed by atoms with Gasteiger partial charge in [-0.2, -0.15) is 0 Å². The SMILES string of the molecule is CC(O)CNC(=O)C12CCCC1C1CCC3C(C)(CCC4C(C)(C)C(c5ccc(C(=O)O)cc5)=CCC43C)C1CC2. The van der Waals surface area contributed by atoms with Crippen molar-refractivity contribution in [2.75, 3.05) is 6.54 Å². The maximum absolute atomic E-state index is 13.6. The first-order chi connectivity index (χ1) is 19.3. The average Bonchev–Trinajstić information content (AvgIpc) is 3.37. The van der Waals surface area contributed by atoms with E-state index in [1.165, 1.54) is 37.7 Å². The van der Waals surface area contributed by atoms with E-state index < -0.39 is 12.1 Å². The van der Waals surface area contributed by atoms with E-state index >= 15 is 0 Å². The van der Waals surface area contributed by atoms with Gasteiger partial charge in [-0.3, -0.25) is 4.79 Å². The summed E-state index contributed by atoms with van der Waals surface area (Å²) in [5, 5.41) is 22.3. The number of carbonyl (C=O) groups is 2. The van der Waals surface area contributed by atoms with Crippen LogP contribution in [0.25, 0.3) is 5.57 Å². The van der Waals surface area contributed by atoms with Crippen molar-refractivity contribution in [3.05, 3.63) is 41.5 Å². The van der Waals surface area contributed by atoms with Crippen LogP contribution in [0.2, 0.25) is 0 Å². The van der Waals surface area contributed by atoms with Gasteiger partial charge in [-0.15, -0.1) is 0 Å². The highest BCUT2D eigenvalue weighted by molar-refractivity contribution is 5.88. The van der Waals surface area contributed by atoms with Crippen LogP contribution >= 0.6 is 0 Å². The van der Waals surface area contributed by atoms with Crippen molar-refractivity contribution in [1.82, 2.24) is 5.32 Å². The fraction of sp³-hybridized carbons (Fsp3) is 0.722. The number of carboxylic acids is 1. The lowest BCUT2D eigenvalue weighted by atomic mass is 9.36. The molecule has 0 radical (unpaired) electrons. The maximum Gasteiger partial charge on any atom is 0.335 e. The third-order valence-corrected chi connectivity index (χ3v) is 13.5. The van der Waals surface area contributed by atoms with Crippen molar-refractivity contribution >= 4 is 17.4 Å². The molecule has 41 heavy (non-hydrogen) atoms. The number of aliphatic hydroxyl groups excluding tert-OH is 1. The Balaban J connectivity index is 1.27. The van der Waals surface area contributed by atoms with Crippen LogP contribution in [-0.4, -0.2) is 34.7 Å². The van der Waals surface area contributed by atoms with Crippen molar-refractivity contribution < 1.29 is 19.8 Å². The monoisotopic (exact) mass is 561 g/mol. The van der Waals surface area contributed by atoms with E-state index in [0.717, 1.165) is 37.7 Å². The van der Waals surface area contributed by atoms with Crippen LogP contribution in [-0.2, 0) is 4.79 Å². The first-order valence-corrected chi connectivity index (χ1v) is 16.4. The van der Waals surface area contributed by atoms with Gasteiger partial charge < -0.3 is 15.5 Å². The molecule has 1 amide bonds. The molecule has 6 rings (SSSR count). The summed E-state index contributed by atoms with van der Waals surface area (Å²) >= 11 is 0. The molecule has 5 aliphatic carbocycles. The summed E-state index contributed by atoms with van der Waals surface area (Å²) in [4.78, 5) is 25.0. The lowest BCUT2D eigenvalue weighted by Crippen LogP contribution is -2.62. The summed E-state index contributed by atoms with van der Waals surface area (Å²) in [5.74, 6) is 2.43. The number of nitrogens with one attached hydrogen (secondary N) is 1. The van der Waals surface area contributed by atoms with Crippen LogP contribution in [0.3, 0.4) is 0 Å². The molecular formula is C36H51NO4. The smallest absolute Gasteiger partial charge is 0.335 e. The van der Waals surface area contributed by atoms with E-state index in [4.69, 9.17) is 0 Å². The lowest BCUT2D eigenvalue weighted by molar-refractivity contribution is -0.181. The van der Waals surface area contributed by atoms with Gasteiger partial charge in [0.1, 0.15) is 0 Å². The van der Waals surface area contributed by atoms with Gasteiger partial charge in [-0.05, 0) is 134 Å². The highest BCUT2D eigenvalue weighted by atomic mass is 16.4. The standard InChI is InChI=1S/C36H51NO4/c1-22(38)21-37-32(41)36-17-6-7-28(36)25-12-13-30-34(4,27(25)15-20-36)19-16-29-33(2,3)26(14-18-35(29,30)5)23-8-10-24(11-9-23)31(39)40/h8-11,14,22,25,27-30,38H,6-7,12-13,15-21H2,1-5H3,(H,37,41)(H,39,40). The fourth-order valence-corrected chi connectivity index (χ4v) is 11.9. The fourth-order valence-electron chi connectivity index (χ4n) is 11.9. The molecule has 224 valence electrons. The quantitative estimate of drug-likeness (QED) is 0.351. The Kier molecular flexibility index (Phi) is 7.03. The summed E-state index contributed by atoms with van der Waals surface area (Å²) < 4.78 is 0. The topological polar surface area (TPSA) is 86.6 Å². The highest BCUT2D eigenvalue weighted by Gasteiger charge is 2.66. The van der Waals surface area contributed by atoms with E-state index in [-0.39, 0.29) is 22.2 Å². The van der Waals surface area contributed by atoms with Crippen molar-refractivity contribution in [3.8, 4) is 0 Å². The first kappa shape index (κ1) is 29.0. The summed E-state index contributed by atoms with van der Waals surface area (Å²) in [6, 6.07) is 7.51. The van der Waals surface area contributed by atoms with Crippen molar-refractivity contribution in [3.63, 3.8) is 0 Å². The Morgan fingerprint density at radius 1 is 0.902 bits per heavy atom. The molecule has 0 spiro atoms. The Hall–Kier alpha value is -2.14. The molecule has 1 aromatic carbocycles. The Morgan fingerprint density at radius 2 is 1.63 bits per heavy atom. The molecule has 5 aliphatic rings. The van der Waals surface area contributed by atoms with Gasteiger partial charge >= 0.3 is 5.97 Å². The minimum Gasteiger partial charge on any atom is -0.478 e. The molecule has 0 aromatic heterocycles. The number of aliphatic hydroxyl groups is 1. The van der Waals surface area contributed by atoms with E-state index in [9.17, 15) is 19.8 Å². The van der Waals surface area contributed by atoms with Gasteiger partial charge in [0.05, 0.1) is 17.1 Å². The van der Waals surface area contributed by atoms with Gasteiger partial charge in [0, 0.05) is 6.54 Å². The minimum atomic E-state index is -0.874. The largest absolute Gasteiger partial charge is 0.478 e. The predicted molar refractivity (Wildman–Crippen MR) is 162 cm³/mol. The van der Waals surface area contributed by atoms with E-state index in [2.05, 4.69) is 39.1 Å². The molecule has 0 heterocycles. The average molecular weight is 562 g/mol. The highest BCUT2D eigenvalue weighted by Crippen LogP contribution is 2.73. The molecule has 9 unspecified atom stereocenters. The van der Waals surface area contributed by atoms with Crippen molar-refractivity contribution in [2.45, 2.75) is 105 Å². The predicted octanol–water partition coefficient (Wildman–Crippen LogP) is 7.34. The summed E-state index contributed by atoms with van der Waals surface area (Å²) in [6.45, 7) is 12.2. The molecule has 3 N–H and O–H groups in total. The van der Waals surface area contributed by atoms with Crippen LogP contribution in [0.15, 0.2) is 30.3 Å². The number of carbonyl (C=O) groups excluding carboxylic acids is 1. The molecule has 5 heteroatoms.